The third-order valence-electron chi connectivity index (χ3n) is 2.03. The van der Waals surface area contributed by atoms with Crippen molar-refractivity contribution in [3.8, 4) is 0 Å². The Morgan fingerprint density at radius 1 is 1.44 bits per heavy atom. The van der Waals surface area contributed by atoms with Crippen molar-refractivity contribution in [2.24, 2.45) is 5.41 Å². The van der Waals surface area contributed by atoms with Crippen LogP contribution in [0.1, 0.15) is 40.0 Å². The monoisotopic (exact) mass is 124 g/mol. The van der Waals surface area contributed by atoms with Crippen molar-refractivity contribution in [3.63, 3.8) is 0 Å². The van der Waals surface area contributed by atoms with Gasteiger partial charge < -0.3 is 0 Å². The zero-order valence-electron chi connectivity index (χ0n) is 6.70. The highest BCUT2D eigenvalue weighted by Crippen LogP contribution is 2.32. The van der Waals surface area contributed by atoms with Gasteiger partial charge in [0.05, 0.1) is 0 Å². The third-order valence-corrected chi connectivity index (χ3v) is 2.03. The number of hydrogen-bond donors (Lipinski definition) is 0. The second-order valence-corrected chi connectivity index (χ2v) is 3.83. The second-order valence-electron chi connectivity index (χ2n) is 3.83. The molecule has 0 aromatic carbocycles. The highest BCUT2D eigenvalue weighted by molar-refractivity contribution is 5.08. The van der Waals surface area contributed by atoms with Crippen molar-refractivity contribution in [3.05, 3.63) is 11.6 Å². The molecular formula is C9H16. The van der Waals surface area contributed by atoms with Crippen molar-refractivity contribution in [1.82, 2.24) is 0 Å². The van der Waals surface area contributed by atoms with Gasteiger partial charge in [0.15, 0.2) is 0 Å². The first-order valence-electron chi connectivity index (χ1n) is 3.78. The SMILES string of the molecule is CC1=CC(C)(C)CCC1. The van der Waals surface area contributed by atoms with Crippen LogP contribution in [-0.4, -0.2) is 0 Å². The van der Waals surface area contributed by atoms with Crippen LogP contribution in [0.3, 0.4) is 0 Å². The minimum Gasteiger partial charge on any atom is -0.0799 e. The molecule has 0 heteroatoms. The fourth-order valence-corrected chi connectivity index (χ4v) is 1.63. The summed E-state index contributed by atoms with van der Waals surface area (Å²) >= 11 is 0. The van der Waals surface area contributed by atoms with Gasteiger partial charge in [0.25, 0.3) is 0 Å². The first-order valence-corrected chi connectivity index (χ1v) is 3.78. The van der Waals surface area contributed by atoms with Gasteiger partial charge in [-0.05, 0) is 31.6 Å². The smallest absolute Gasteiger partial charge is 0.0172 e. The molecule has 0 fully saturated rings. The molecule has 0 radical (unpaired) electrons. The van der Waals surface area contributed by atoms with Gasteiger partial charge in [-0.1, -0.05) is 25.5 Å². The Bertz CT molecular complexity index is 129. The summed E-state index contributed by atoms with van der Waals surface area (Å²) in [7, 11) is 0. The van der Waals surface area contributed by atoms with Gasteiger partial charge in [0.2, 0.25) is 0 Å². The third kappa shape index (κ3) is 1.85. The maximum absolute atomic E-state index is 2.41. The minimum absolute atomic E-state index is 0.488. The predicted molar refractivity (Wildman–Crippen MR) is 41.4 cm³/mol. The van der Waals surface area contributed by atoms with Crippen molar-refractivity contribution < 1.29 is 0 Å². The molecule has 0 amide bonds. The molecule has 0 spiro atoms. The van der Waals surface area contributed by atoms with Gasteiger partial charge >= 0.3 is 0 Å². The summed E-state index contributed by atoms with van der Waals surface area (Å²) in [6, 6.07) is 0. The lowest BCUT2D eigenvalue weighted by atomic mass is 9.80. The molecule has 52 valence electrons. The normalized spacial score (nSPS) is 25.4. The molecule has 0 aromatic rings. The molecular weight excluding hydrogens is 108 g/mol. The molecule has 1 aliphatic rings. The molecule has 0 atom stereocenters. The molecule has 0 heterocycles. The van der Waals surface area contributed by atoms with Crippen LogP contribution in [-0.2, 0) is 0 Å². The summed E-state index contributed by atoms with van der Waals surface area (Å²) < 4.78 is 0. The highest BCUT2D eigenvalue weighted by Gasteiger charge is 2.17. The molecule has 1 aliphatic carbocycles. The van der Waals surface area contributed by atoms with Crippen molar-refractivity contribution in [2.45, 2.75) is 40.0 Å². The van der Waals surface area contributed by atoms with E-state index in [1.165, 1.54) is 19.3 Å². The first kappa shape index (κ1) is 6.85. The summed E-state index contributed by atoms with van der Waals surface area (Å²) in [6.45, 7) is 6.87. The maximum atomic E-state index is 2.41. The predicted octanol–water partition coefficient (Wildman–Crippen LogP) is 3.14. The van der Waals surface area contributed by atoms with Crippen LogP contribution in [0.5, 0.6) is 0 Å². The fourth-order valence-electron chi connectivity index (χ4n) is 1.63. The topological polar surface area (TPSA) is 0 Å². The first-order chi connectivity index (χ1) is 4.10. The highest BCUT2D eigenvalue weighted by atomic mass is 14.2. The maximum Gasteiger partial charge on any atom is -0.0172 e. The van der Waals surface area contributed by atoms with E-state index in [1.807, 2.05) is 0 Å². The van der Waals surface area contributed by atoms with E-state index in [2.05, 4.69) is 26.8 Å². The van der Waals surface area contributed by atoms with Gasteiger partial charge in [-0.3, -0.25) is 0 Å². The van der Waals surface area contributed by atoms with Crippen LogP contribution in [0.25, 0.3) is 0 Å². The van der Waals surface area contributed by atoms with E-state index < -0.39 is 0 Å². The van der Waals surface area contributed by atoms with Crippen LogP contribution in [0.4, 0.5) is 0 Å². The van der Waals surface area contributed by atoms with Crippen LogP contribution in [0, 0.1) is 5.41 Å². The van der Waals surface area contributed by atoms with Gasteiger partial charge in [-0.25, -0.2) is 0 Å². The summed E-state index contributed by atoms with van der Waals surface area (Å²) in [5.74, 6) is 0. The minimum atomic E-state index is 0.488. The van der Waals surface area contributed by atoms with Crippen LogP contribution in [0.2, 0.25) is 0 Å². The summed E-state index contributed by atoms with van der Waals surface area (Å²) in [6.07, 6.45) is 6.49. The zero-order valence-corrected chi connectivity index (χ0v) is 6.70. The molecule has 1 rings (SSSR count). The Kier molecular flexibility index (Phi) is 1.65. The molecule has 9 heavy (non-hydrogen) atoms. The van der Waals surface area contributed by atoms with Gasteiger partial charge in [0, 0.05) is 0 Å². The van der Waals surface area contributed by atoms with E-state index >= 15 is 0 Å². The lowest BCUT2D eigenvalue weighted by molar-refractivity contribution is 0.397. The van der Waals surface area contributed by atoms with Crippen LogP contribution in [0.15, 0.2) is 11.6 Å². The average Bonchev–Trinajstić information content (AvgIpc) is 1.60. The van der Waals surface area contributed by atoms with Crippen molar-refractivity contribution in [2.75, 3.05) is 0 Å². The van der Waals surface area contributed by atoms with E-state index in [1.54, 1.807) is 5.57 Å². The number of rotatable bonds is 0. The molecule has 0 saturated carbocycles. The molecule has 0 N–H and O–H groups in total. The molecule has 0 nitrogen and oxygen atoms in total. The standard InChI is InChI=1S/C9H16/c1-8-5-4-6-9(2,3)7-8/h7H,4-6H2,1-3H3. The summed E-state index contributed by atoms with van der Waals surface area (Å²) in [5.41, 5.74) is 2.06. The van der Waals surface area contributed by atoms with E-state index in [-0.39, 0.29) is 0 Å². The van der Waals surface area contributed by atoms with Gasteiger partial charge in [0.1, 0.15) is 0 Å². The number of allylic oxidation sites excluding steroid dienone is 2. The van der Waals surface area contributed by atoms with E-state index in [9.17, 15) is 0 Å². The van der Waals surface area contributed by atoms with Crippen molar-refractivity contribution >= 4 is 0 Å². The van der Waals surface area contributed by atoms with Gasteiger partial charge in [-0.2, -0.15) is 0 Å². The zero-order chi connectivity index (χ0) is 6.91. The van der Waals surface area contributed by atoms with Crippen LogP contribution < -0.4 is 0 Å². The van der Waals surface area contributed by atoms with Gasteiger partial charge in [-0.15, -0.1) is 0 Å². The summed E-state index contributed by atoms with van der Waals surface area (Å²) in [5, 5.41) is 0. The Hall–Kier alpha value is -0.260. The largest absolute Gasteiger partial charge is 0.0799 e. The fraction of sp³-hybridized carbons (Fsp3) is 0.778. The van der Waals surface area contributed by atoms with E-state index in [4.69, 9.17) is 0 Å². The second kappa shape index (κ2) is 2.17. The van der Waals surface area contributed by atoms with E-state index in [0.717, 1.165) is 0 Å². The average molecular weight is 124 g/mol. The molecule has 0 unspecified atom stereocenters. The molecule has 0 aromatic heterocycles. The van der Waals surface area contributed by atoms with E-state index in [0.29, 0.717) is 5.41 Å². The number of hydrogen-bond acceptors (Lipinski definition) is 0. The Labute approximate surface area is 58.0 Å². The quantitative estimate of drug-likeness (QED) is 0.435. The Balaban J connectivity index is 2.68. The summed E-state index contributed by atoms with van der Waals surface area (Å²) in [4.78, 5) is 0. The van der Waals surface area contributed by atoms with Crippen LogP contribution >= 0.6 is 0 Å². The lowest BCUT2D eigenvalue weighted by Crippen LogP contribution is -2.11. The molecule has 0 aliphatic heterocycles. The molecule has 0 bridgehead atoms. The Morgan fingerprint density at radius 3 is 2.44 bits per heavy atom. The Morgan fingerprint density at radius 2 is 2.11 bits per heavy atom. The molecule has 0 saturated heterocycles. The van der Waals surface area contributed by atoms with Crippen molar-refractivity contribution in [1.29, 1.82) is 0 Å². The lowest BCUT2D eigenvalue weighted by Gasteiger charge is -2.25.